The summed E-state index contributed by atoms with van der Waals surface area (Å²) in [6, 6.07) is 6.33. The number of nitrogens with two attached hydrogens (primary N) is 1. The summed E-state index contributed by atoms with van der Waals surface area (Å²) in [4.78, 5) is 15.0. The van der Waals surface area contributed by atoms with E-state index in [-0.39, 0.29) is 5.91 Å². The van der Waals surface area contributed by atoms with Gasteiger partial charge in [0.15, 0.2) is 0 Å². The smallest absolute Gasteiger partial charge is 0.231 e. The number of nitrogen functional groups attached to an aromatic ring is 1. The van der Waals surface area contributed by atoms with E-state index in [1.165, 1.54) is 34.4 Å². The zero-order valence-corrected chi connectivity index (χ0v) is 12.9. The standard InChI is InChI=1S/C17H18N2OS/c1-19-13-7-6-10(8-11(13)9-15(19)20)16-12-4-2-3-5-14(12)21-17(16)18/h6-8H,2-5,9,18H2,1H3. The number of nitrogens with zero attached hydrogens (tertiary/aromatic N) is 1. The molecular formula is C17H18N2OS. The lowest BCUT2D eigenvalue weighted by atomic mass is 9.91. The number of benzene rings is 1. The number of anilines is 2. The Labute approximate surface area is 128 Å². The molecule has 0 spiro atoms. The molecule has 108 valence electrons. The topological polar surface area (TPSA) is 46.3 Å². The maximum absolute atomic E-state index is 11.8. The van der Waals surface area contributed by atoms with Crippen molar-refractivity contribution in [3.63, 3.8) is 0 Å². The molecule has 1 amide bonds. The minimum Gasteiger partial charge on any atom is -0.390 e. The van der Waals surface area contributed by atoms with E-state index in [2.05, 4.69) is 18.2 Å². The Morgan fingerprint density at radius 3 is 2.90 bits per heavy atom. The van der Waals surface area contributed by atoms with Crippen molar-refractivity contribution in [2.45, 2.75) is 32.1 Å². The van der Waals surface area contributed by atoms with Gasteiger partial charge in [-0.1, -0.05) is 6.07 Å². The van der Waals surface area contributed by atoms with Crippen LogP contribution in [0.25, 0.3) is 11.1 Å². The molecule has 4 rings (SSSR count). The van der Waals surface area contributed by atoms with Gasteiger partial charge in [-0.15, -0.1) is 11.3 Å². The number of rotatable bonds is 1. The maximum Gasteiger partial charge on any atom is 0.231 e. The van der Waals surface area contributed by atoms with Crippen molar-refractivity contribution in [2.24, 2.45) is 0 Å². The fraction of sp³-hybridized carbons (Fsp3) is 0.353. The molecule has 0 radical (unpaired) electrons. The first-order chi connectivity index (χ1) is 10.1. The fourth-order valence-electron chi connectivity index (χ4n) is 3.53. The quantitative estimate of drug-likeness (QED) is 0.877. The summed E-state index contributed by atoms with van der Waals surface area (Å²) in [6.07, 6.45) is 5.33. The predicted molar refractivity (Wildman–Crippen MR) is 87.9 cm³/mol. The van der Waals surface area contributed by atoms with E-state index in [1.54, 1.807) is 16.2 Å². The van der Waals surface area contributed by atoms with E-state index >= 15 is 0 Å². The number of thiophene rings is 1. The van der Waals surface area contributed by atoms with Crippen molar-refractivity contribution >= 4 is 27.9 Å². The Hall–Kier alpha value is -1.81. The minimum atomic E-state index is 0.169. The third-order valence-electron chi connectivity index (χ3n) is 4.64. The summed E-state index contributed by atoms with van der Waals surface area (Å²) >= 11 is 1.75. The van der Waals surface area contributed by atoms with Gasteiger partial charge < -0.3 is 10.6 Å². The highest BCUT2D eigenvalue weighted by atomic mass is 32.1. The molecule has 21 heavy (non-hydrogen) atoms. The van der Waals surface area contributed by atoms with Crippen LogP contribution in [0.5, 0.6) is 0 Å². The molecule has 1 aliphatic heterocycles. The molecule has 0 fully saturated rings. The van der Waals surface area contributed by atoms with Gasteiger partial charge in [0.1, 0.15) is 0 Å². The molecule has 0 saturated carbocycles. The second kappa shape index (κ2) is 4.60. The molecule has 0 unspecified atom stereocenters. The third kappa shape index (κ3) is 1.89. The lowest BCUT2D eigenvalue weighted by molar-refractivity contribution is -0.117. The van der Waals surface area contributed by atoms with Gasteiger partial charge in [0.25, 0.3) is 0 Å². The van der Waals surface area contributed by atoms with Crippen LogP contribution >= 0.6 is 11.3 Å². The van der Waals surface area contributed by atoms with Crippen molar-refractivity contribution in [3.8, 4) is 11.1 Å². The molecule has 1 aromatic heterocycles. The van der Waals surface area contributed by atoms with Crippen LogP contribution in [0.4, 0.5) is 10.7 Å². The van der Waals surface area contributed by atoms with E-state index < -0.39 is 0 Å². The summed E-state index contributed by atoms with van der Waals surface area (Å²) in [5, 5.41) is 0.930. The largest absolute Gasteiger partial charge is 0.390 e. The number of hydrogen-bond acceptors (Lipinski definition) is 3. The van der Waals surface area contributed by atoms with Gasteiger partial charge in [0, 0.05) is 23.2 Å². The highest BCUT2D eigenvalue weighted by molar-refractivity contribution is 7.16. The molecule has 2 aromatic rings. The minimum absolute atomic E-state index is 0.169. The van der Waals surface area contributed by atoms with Crippen LogP contribution in [0.2, 0.25) is 0 Å². The zero-order valence-electron chi connectivity index (χ0n) is 12.1. The molecule has 0 saturated heterocycles. The third-order valence-corrected chi connectivity index (χ3v) is 5.76. The monoisotopic (exact) mass is 298 g/mol. The molecule has 2 N–H and O–H groups in total. The van der Waals surface area contributed by atoms with Gasteiger partial charge in [-0.3, -0.25) is 4.79 Å². The normalized spacial score (nSPS) is 17.0. The zero-order chi connectivity index (χ0) is 14.6. The Balaban J connectivity index is 1.84. The average molecular weight is 298 g/mol. The molecule has 4 heteroatoms. The van der Waals surface area contributed by atoms with E-state index in [0.29, 0.717) is 6.42 Å². The van der Waals surface area contributed by atoms with Crippen molar-refractivity contribution in [2.75, 3.05) is 17.7 Å². The fourth-order valence-corrected chi connectivity index (χ4v) is 4.71. The van der Waals surface area contributed by atoms with Crippen LogP contribution in [-0.4, -0.2) is 13.0 Å². The Bertz CT molecular complexity index is 747. The first-order valence-corrected chi connectivity index (χ1v) is 8.26. The molecular weight excluding hydrogens is 280 g/mol. The van der Waals surface area contributed by atoms with Crippen LogP contribution in [0.3, 0.4) is 0 Å². The van der Waals surface area contributed by atoms with Crippen LogP contribution < -0.4 is 10.6 Å². The van der Waals surface area contributed by atoms with E-state index in [9.17, 15) is 4.79 Å². The first kappa shape index (κ1) is 12.9. The predicted octanol–water partition coefficient (Wildman–Crippen LogP) is 3.40. The number of fused-ring (bicyclic) bond motifs is 2. The van der Waals surface area contributed by atoms with E-state index in [1.807, 2.05) is 7.05 Å². The summed E-state index contributed by atoms with van der Waals surface area (Å²) < 4.78 is 0. The lowest BCUT2D eigenvalue weighted by Crippen LogP contribution is -2.20. The highest BCUT2D eigenvalue weighted by Gasteiger charge is 2.26. The van der Waals surface area contributed by atoms with Gasteiger partial charge in [0.2, 0.25) is 5.91 Å². The molecule has 2 heterocycles. The van der Waals surface area contributed by atoms with Gasteiger partial charge in [-0.05, 0) is 54.5 Å². The van der Waals surface area contributed by atoms with Gasteiger partial charge >= 0.3 is 0 Å². The van der Waals surface area contributed by atoms with Gasteiger partial charge in [-0.2, -0.15) is 0 Å². The molecule has 0 atom stereocenters. The molecule has 3 nitrogen and oxygen atoms in total. The van der Waals surface area contributed by atoms with Crippen LogP contribution in [0.1, 0.15) is 28.8 Å². The van der Waals surface area contributed by atoms with Gasteiger partial charge in [-0.25, -0.2) is 0 Å². The first-order valence-electron chi connectivity index (χ1n) is 7.45. The van der Waals surface area contributed by atoms with Crippen molar-refractivity contribution in [1.82, 2.24) is 0 Å². The molecule has 0 bridgehead atoms. The number of hydrogen-bond donors (Lipinski definition) is 1. The Morgan fingerprint density at radius 1 is 1.24 bits per heavy atom. The second-order valence-electron chi connectivity index (χ2n) is 5.92. The van der Waals surface area contributed by atoms with Crippen LogP contribution in [0.15, 0.2) is 18.2 Å². The van der Waals surface area contributed by atoms with Gasteiger partial charge in [0.05, 0.1) is 11.4 Å². The highest BCUT2D eigenvalue weighted by Crippen LogP contribution is 2.43. The van der Waals surface area contributed by atoms with Crippen molar-refractivity contribution < 1.29 is 4.79 Å². The SMILES string of the molecule is CN1C(=O)Cc2cc(-c3c(N)sc4c3CCCC4)ccc21. The van der Waals surface area contributed by atoms with Crippen LogP contribution in [-0.2, 0) is 24.1 Å². The van der Waals surface area contributed by atoms with Crippen molar-refractivity contribution in [1.29, 1.82) is 0 Å². The number of carbonyl (C=O) groups is 1. The number of aryl methyl sites for hydroxylation is 1. The lowest BCUT2D eigenvalue weighted by Gasteiger charge is -2.14. The summed E-state index contributed by atoms with van der Waals surface area (Å²) in [6.45, 7) is 0. The second-order valence-corrected chi connectivity index (χ2v) is 7.06. The number of amides is 1. The number of likely N-dealkylation sites (N-methyl/N-ethyl adjacent to an activating group) is 1. The molecule has 1 aromatic carbocycles. The Morgan fingerprint density at radius 2 is 2.05 bits per heavy atom. The summed E-state index contributed by atoms with van der Waals surface area (Å²) in [5.41, 5.74) is 12.3. The molecule has 1 aliphatic carbocycles. The maximum atomic E-state index is 11.8. The van der Waals surface area contributed by atoms with E-state index in [4.69, 9.17) is 5.73 Å². The number of carbonyl (C=O) groups excluding carboxylic acids is 1. The summed E-state index contributed by atoms with van der Waals surface area (Å²) in [5.74, 6) is 0.169. The molecule has 2 aliphatic rings. The van der Waals surface area contributed by atoms with Crippen molar-refractivity contribution in [3.05, 3.63) is 34.2 Å². The Kier molecular flexibility index (Phi) is 2.82. The van der Waals surface area contributed by atoms with E-state index in [0.717, 1.165) is 29.1 Å². The van der Waals surface area contributed by atoms with Crippen LogP contribution in [0, 0.1) is 0 Å². The summed E-state index contributed by atoms with van der Waals surface area (Å²) in [7, 11) is 1.84. The average Bonchev–Trinajstić information content (AvgIpc) is 2.95.